The Balaban J connectivity index is 2.17. The maximum Gasteiger partial charge on any atom is 0.377 e. The van der Waals surface area contributed by atoms with Crippen molar-refractivity contribution in [2.45, 2.75) is 6.54 Å². The van der Waals surface area contributed by atoms with Crippen LogP contribution in [0.25, 0.3) is 0 Å². The van der Waals surface area contributed by atoms with Gasteiger partial charge in [-0.15, -0.1) is 5.10 Å². The summed E-state index contributed by atoms with van der Waals surface area (Å²) < 4.78 is 16.5. The molecule has 1 heterocycles. The zero-order valence-electron chi connectivity index (χ0n) is 11.5. The van der Waals surface area contributed by atoms with Gasteiger partial charge in [0.2, 0.25) is 0 Å². The van der Waals surface area contributed by atoms with E-state index in [0.29, 0.717) is 18.0 Å². The summed E-state index contributed by atoms with van der Waals surface area (Å²) in [7, 11) is 4.45. The number of nitrogens with zero attached hydrogens (tertiary/aromatic N) is 3. The number of hydrogen-bond donors (Lipinski definition) is 0. The van der Waals surface area contributed by atoms with Crippen molar-refractivity contribution >= 4 is 5.97 Å². The lowest BCUT2D eigenvalue weighted by Crippen LogP contribution is -2.06. The molecule has 7 heteroatoms. The van der Waals surface area contributed by atoms with Crippen molar-refractivity contribution in [3.05, 3.63) is 35.9 Å². The molecule has 0 aliphatic heterocycles. The lowest BCUT2D eigenvalue weighted by Gasteiger charge is -2.09. The molecule has 0 unspecified atom stereocenters. The van der Waals surface area contributed by atoms with Crippen LogP contribution in [-0.2, 0) is 11.3 Å². The first kappa shape index (κ1) is 13.9. The molecule has 0 aliphatic carbocycles. The van der Waals surface area contributed by atoms with E-state index in [9.17, 15) is 4.79 Å². The van der Waals surface area contributed by atoms with E-state index < -0.39 is 5.97 Å². The Morgan fingerprint density at radius 1 is 1.20 bits per heavy atom. The molecule has 0 fully saturated rings. The maximum absolute atomic E-state index is 11.3. The van der Waals surface area contributed by atoms with Gasteiger partial charge < -0.3 is 14.2 Å². The minimum absolute atomic E-state index is 0.0352. The van der Waals surface area contributed by atoms with E-state index in [-0.39, 0.29) is 5.82 Å². The molecule has 0 amide bonds. The largest absolute Gasteiger partial charge is 0.493 e. The summed E-state index contributed by atoms with van der Waals surface area (Å²) in [5.74, 6) is 0.771. The van der Waals surface area contributed by atoms with Crippen LogP contribution >= 0.6 is 0 Å². The molecular weight excluding hydrogens is 262 g/mol. The van der Waals surface area contributed by atoms with E-state index in [1.54, 1.807) is 18.9 Å². The number of aromatic nitrogens is 3. The van der Waals surface area contributed by atoms with Crippen LogP contribution in [0.4, 0.5) is 0 Å². The summed E-state index contributed by atoms with van der Waals surface area (Å²) in [6.07, 6.45) is 1.48. The van der Waals surface area contributed by atoms with E-state index in [1.807, 2.05) is 18.2 Å². The zero-order chi connectivity index (χ0) is 14.5. The quantitative estimate of drug-likeness (QED) is 0.763. The molecule has 0 N–H and O–H groups in total. The summed E-state index contributed by atoms with van der Waals surface area (Å²) in [6.45, 7) is 0.463. The Morgan fingerprint density at radius 3 is 2.60 bits per heavy atom. The topological polar surface area (TPSA) is 75.5 Å². The number of rotatable bonds is 5. The number of carbonyl (C=O) groups is 1. The summed E-state index contributed by atoms with van der Waals surface area (Å²) >= 11 is 0. The molecule has 2 aromatic rings. The van der Waals surface area contributed by atoms with Gasteiger partial charge in [0.1, 0.15) is 6.33 Å². The molecule has 0 aliphatic rings. The number of methoxy groups -OCH3 is 3. The summed E-state index contributed by atoms with van der Waals surface area (Å²) in [6, 6.07) is 5.55. The molecule has 0 saturated carbocycles. The molecule has 7 nitrogen and oxygen atoms in total. The normalized spacial score (nSPS) is 10.2. The molecular formula is C13H15N3O4. The average Bonchev–Trinajstić information content (AvgIpc) is 2.94. The maximum atomic E-state index is 11.3. The van der Waals surface area contributed by atoms with Gasteiger partial charge in [0, 0.05) is 0 Å². The van der Waals surface area contributed by atoms with Gasteiger partial charge >= 0.3 is 5.97 Å². The standard InChI is InChI=1S/C13H15N3O4/c1-18-10-5-4-9(6-11(10)19-2)7-16-8-14-12(15-16)13(17)20-3/h4-6,8H,7H2,1-3H3. The van der Waals surface area contributed by atoms with Gasteiger partial charge in [0.25, 0.3) is 5.82 Å². The SMILES string of the molecule is COC(=O)c1ncn(Cc2ccc(OC)c(OC)c2)n1. The number of esters is 1. The smallest absolute Gasteiger partial charge is 0.377 e. The van der Waals surface area contributed by atoms with Crippen molar-refractivity contribution in [1.82, 2.24) is 14.8 Å². The molecule has 0 bridgehead atoms. The highest BCUT2D eigenvalue weighted by molar-refractivity contribution is 5.84. The van der Waals surface area contributed by atoms with Crippen LogP contribution in [0.5, 0.6) is 11.5 Å². The zero-order valence-corrected chi connectivity index (χ0v) is 11.5. The third-order valence-corrected chi connectivity index (χ3v) is 2.70. The lowest BCUT2D eigenvalue weighted by molar-refractivity contribution is 0.0586. The second kappa shape index (κ2) is 6.05. The van der Waals surface area contributed by atoms with Crippen LogP contribution in [0, 0.1) is 0 Å². The summed E-state index contributed by atoms with van der Waals surface area (Å²) in [5.41, 5.74) is 0.948. The summed E-state index contributed by atoms with van der Waals surface area (Å²) in [5, 5.41) is 4.03. The Bertz CT molecular complexity index is 609. The predicted molar refractivity (Wildman–Crippen MR) is 70.0 cm³/mol. The fourth-order valence-corrected chi connectivity index (χ4v) is 1.72. The Morgan fingerprint density at radius 2 is 1.95 bits per heavy atom. The average molecular weight is 277 g/mol. The highest BCUT2D eigenvalue weighted by Crippen LogP contribution is 2.27. The van der Waals surface area contributed by atoms with Crippen LogP contribution < -0.4 is 9.47 Å². The van der Waals surface area contributed by atoms with Crippen LogP contribution in [0.3, 0.4) is 0 Å². The summed E-state index contributed by atoms with van der Waals surface area (Å²) in [4.78, 5) is 15.1. The number of ether oxygens (including phenoxy) is 3. The van der Waals surface area contributed by atoms with Crippen molar-refractivity contribution in [3.63, 3.8) is 0 Å². The highest BCUT2D eigenvalue weighted by atomic mass is 16.5. The van der Waals surface area contributed by atoms with E-state index >= 15 is 0 Å². The van der Waals surface area contributed by atoms with Crippen molar-refractivity contribution in [1.29, 1.82) is 0 Å². The predicted octanol–water partition coefficient (Wildman–Crippen LogP) is 1.13. The molecule has 0 radical (unpaired) electrons. The Kier molecular flexibility index (Phi) is 4.19. The Hall–Kier alpha value is -2.57. The fraction of sp³-hybridized carbons (Fsp3) is 0.308. The van der Waals surface area contributed by atoms with Gasteiger partial charge in [0.05, 0.1) is 27.9 Å². The number of benzene rings is 1. The third-order valence-electron chi connectivity index (χ3n) is 2.70. The second-order valence-corrected chi connectivity index (χ2v) is 3.95. The molecule has 106 valence electrons. The highest BCUT2D eigenvalue weighted by Gasteiger charge is 2.12. The van der Waals surface area contributed by atoms with Crippen molar-refractivity contribution in [2.24, 2.45) is 0 Å². The number of carbonyl (C=O) groups excluding carboxylic acids is 1. The van der Waals surface area contributed by atoms with Gasteiger partial charge in [-0.05, 0) is 17.7 Å². The molecule has 2 rings (SSSR count). The monoisotopic (exact) mass is 277 g/mol. The van der Waals surface area contributed by atoms with Crippen molar-refractivity contribution in [2.75, 3.05) is 21.3 Å². The van der Waals surface area contributed by atoms with Crippen LogP contribution in [0.1, 0.15) is 16.2 Å². The first-order valence-corrected chi connectivity index (χ1v) is 5.86. The third kappa shape index (κ3) is 2.87. The van der Waals surface area contributed by atoms with Gasteiger partial charge in [-0.1, -0.05) is 6.07 Å². The van der Waals surface area contributed by atoms with Crippen molar-refractivity contribution < 1.29 is 19.0 Å². The minimum Gasteiger partial charge on any atom is -0.493 e. The van der Waals surface area contributed by atoms with Gasteiger partial charge in [-0.3, -0.25) is 0 Å². The van der Waals surface area contributed by atoms with E-state index in [0.717, 1.165) is 5.56 Å². The van der Waals surface area contributed by atoms with Gasteiger partial charge in [-0.2, -0.15) is 0 Å². The second-order valence-electron chi connectivity index (χ2n) is 3.95. The van der Waals surface area contributed by atoms with Gasteiger partial charge in [0.15, 0.2) is 11.5 Å². The molecule has 0 spiro atoms. The first-order valence-electron chi connectivity index (χ1n) is 5.86. The van der Waals surface area contributed by atoms with E-state index in [1.165, 1.54) is 13.4 Å². The van der Waals surface area contributed by atoms with Crippen LogP contribution in [-0.4, -0.2) is 42.1 Å². The van der Waals surface area contributed by atoms with E-state index in [4.69, 9.17) is 9.47 Å². The number of hydrogen-bond acceptors (Lipinski definition) is 6. The van der Waals surface area contributed by atoms with Gasteiger partial charge in [-0.25, -0.2) is 14.5 Å². The molecule has 1 aromatic heterocycles. The van der Waals surface area contributed by atoms with Crippen LogP contribution in [0.2, 0.25) is 0 Å². The first-order chi connectivity index (χ1) is 9.67. The minimum atomic E-state index is -0.559. The van der Waals surface area contributed by atoms with Crippen molar-refractivity contribution in [3.8, 4) is 11.5 Å². The Labute approximate surface area is 116 Å². The molecule has 20 heavy (non-hydrogen) atoms. The lowest BCUT2D eigenvalue weighted by atomic mass is 10.2. The van der Waals surface area contributed by atoms with E-state index in [2.05, 4.69) is 14.8 Å². The molecule has 1 aromatic carbocycles. The van der Waals surface area contributed by atoms with Crippen LogP contribution in [0.15, 0.2) is 24.5 Å². The molecule has 0 atom stereocenters. The fourth-order valence-electron chi connectivity index (χ4n) is 1.72. The molecule has 0 saturated heterocycles.